The maximum Gasteiger partial charge on any atom is 0.343 e. The number of carboxylic acid groups (broad SMARTS) is 1. The minimum absolute atomic E-state index is 0.186. The summed E-state index contributed by atoms with van der Waals surface area (Å²) in [5.41, 5.74) is 6.38. The van der Waals surface area contributed by atoms with Crippen molar-refractivity contribution in [1.29, 1.82) is 0 Å². The molecule has 0 saturated heterocycles. The normalized spacial score (nSPS) is 11.7. The van der Waals surface area contributed by atoms with Crippen molar-refractivity contribution in [1.82, 2.24) is 0 Å². The number of hydrogen-bond acceptors (Lipinski definition) is 4. The van der Waals surface area contributed by atoms with E-state index in [4.69, 9.17) is 15.7 Å². The van der Waals surface area contributed by atoms with Crippen LogP contribution >= 0.6 is 11.8 Å². The van der Waals surface area contributed by atoms with Crippen LogP contribution in [0.25, 0.3) is 10.4 Å². The molecule has 2 N–H and O–H groups in total. The number of rotatable bonds is 5. The molecule has 0 aromatic carbocycles. The van der Waals surface area contributed by atoms with Gasteiger partial charge in [0, 0.05) is 17.2 Å². The van der Waals surface area contributed by atoms with E-state index in [1.165, 1.54) is 0 Å². The summed E-state index contributed by atoms with van der Waals surface area (Å²) in [6.45, 7) is 0.186. The molecule has 11 heavy (non-hydrogen) atoms. The third-order valence-electron chi connectivity index (χ3n) is 0.742. The van der Waals surface area contributed by atoms with Crippen LogP contribution < -0.4 is 0 Å². The Kier molecular flexibility index (Phi) is 5.36. The van der Waals surface area contributed by atoms with Gasteiger partial charge in [0.1, 0.15) is 0 Å². The number of aliphatic carboxylic acids is 1. The molecule has 62 valence electrons. The molecule has 0 spiro atoms. The Labute approximate surface area is 66.8 Å². The Bertz CT molecular complexity index is 179. The van der Waals surface area contributed by atoms with E-state index in [9.17, 15) is 4.79 Å². The fourth-order valence-electron chi connectivity index (χ4n) is 0.321. The van der Waals surface area contributed by atoms with Crippen LogP contribution in [0.5, 0.6) is 0 Å². The summed E-state index contributed by atoms with van der Waals surface area (Å²) in [5, 5.41) is 20.0. The minimum atomic E-state index is -1.43. The third-order valence-corrected chi connectivity index (χ3v) is 1.68. The lowest BCUT2D eigenvalue weighted by Gasteiger charge is -2.01. The molecule has 1 unspecified atom stereocenters. The van der Waals surface area contributed by atoms with Crippen LogP contribution in [0.1, 0.15) is 0 Å². The molecule has 1 atom stereocenters. The van der Waals surface area contributed by atoms with Gasteiger partial charge in [-0.05, 0) is 5.53 Å². The fourth-order valence-corrected chi connectivity index (χ4v) is 0.874. The summed E-state index contributed by atoms with van der Waals surface area (Å²) in [4.78, 5) is 12.4. The van der Waals surface area contributed by atoms with E-state index < -0.39 is 11.4 Å². The number of nitrogens with zero attached hydrogens (tertiary/aromatic N) is 3. The van der Waals surface area contributed by atoms with Gasteiger partial charge in [-0.15, -0.1) is 11.8 Å². The maximum atomic E-state index is 9.99. The summed E-state index contributed by atoms with van der Waals surface area (Å²) in [6, 6.07) is 0. The summed E-state index contributed by atoms with van der Waals surface area (Å²) >= 11 is 0.816. The van der Waals surface area contributed by atoms with E-state index >= 15 is 0 Å². The minimum Gasteiger partial charge on any atom is -0.479 e. The average Bonchev–Trinajstić information content (AvgIpc) is 1.97. The van der Waals surface area contributed by atoms with E-state index in [1.807, 2.05) is 0 Å². The number of carboxylic acids is 1. The molecule has 0 amide bonds. The standard InChI is InChI=1S/C4H7N3O3S/c5-7-6-1-2-11-4(10)3(8)9/h4,10H,1-2H2,(H,8,9). The van der Waals surface area contributed by atoms with Crippen LogP contribution in [-0.2, 0) is 4.79 Å². The molecule has 0 saturated carbocycles. The molecular formula is C4H7N3O3S. The lowest BCUT2D eigenvalue weighted by molar-refractivity contribution is -0.141. The highest BCUT2D eigenvalue weighted by atomic mass is 32.2. The summed E-state index contributed by atoms with van der Waals surface area (Å²) in [5.74, 6) is -0.978. The van der Waals surface area contributed by atoms with Gasteiger partial charge in [-0.2, -0.15) is 0 Å². The molecule has 0 aromatic heterocycles. The SMILES string of the molecule is [N-]=[N+]=NCCSC(O)C(=O)O. The Morgan fingerprint density at radius 3 is 2.91 bits per heavy atom. The zero-order chi connectivity index (χ0) is 8.69. The lowest BCUT2D eigenvalue weighted by Crippen LogP contribution is -2.15. The monoisotopic (exact) mass is 177 g/mol. The van der Waals surface area contributed by atoms with E-state index in [1.54, 1.807) is 0 Å². The summed E-state index contributed by atoms with van der Waals surface area (Å²) in [7, 11) is 0. The number of aliphatic hydroxyl groups is 1. The Balaban J connectivity index is 3.38. The van der Waals surface area contributed by atoms with Crippen LogP contribution in [0.3, 0.4) is 0 Å². The van der Waals surface area contributed by atoms with Gasteiger partial charge in [0.25, 0.3) is 0 Å². The molecule has 0 aliphatic rings. The van der Waals surface area contributed by atoms with Gasteiger partial charge in [0.2, 0.25) is 0 Å². The number of thioether (sulfide) groups is 1. The third kappa shape index (κ3) is 5.53. The Hall–Kier alpha value is -0.910. The van der Waals surface area contributed by atoms with Gasteiger partial charge in [0.15, 0.2) is 5.44 Å². The van der Waals surface area contributed by atoms with Crippen molar-refractivity contribution in [2.45, 2.75) is 5.44 Å². The van der Waals surface area contributed by atoms with Crippen molar-refractivity contribution in [3.05, 3.63) is 10.4 Å². The molecule has 0 rings (SSSR count). The number of azide groups is 1. The van der Waals surface area contributed by atoms with Crippen molar-refractivity contribution in [3.8, 4) is 0 Å². The molecule has 0 radical (unpaired) electrons. The van der Waals surface area contributed by atoms with Crippen molar-refractivity contribution >= 4 is 17.7 Å². The van der Waals surface area contributed by atoms with Crippen LogP contribution in [0.2, 0.25) is 0 Å². The van der Waals surface area contributed by atoms with Gasteiger partial charge < -0.3 is 10.2 Å². The maximum absolute atomic E-state index is 9.99. The Morgan fingerprint density at radius 2 is 2.45 bits per heavy atom. The molecular weight excluding hydrogens is 170 g/mol. The lowest BCUT2D eigenvalue weighted by atomic mass is 10.7. The average molecular weight is 177 g/mol. The molecule has 0 bridgehead atoms. The zero-order valence-corrected chi connectivity index (χ0v) is 6.36. The summed E-state index contributed by atoms with van der Waals surface area (Å²) < 4.78 is 0. The van der Waals surface area contributed by atoms with Gasteiger partial charge in [-0.3, -0.25) is 0 Å². The second kappa shape index (κ2) is 5.84. The largest absolute Gasteiger partial charge is 0.479 e. The van der Waals surface area contributed by atoms with Gasteiger partial charge in [-0.1, -0.05) is 5.11 Å². The van der Waals surface area contributed by atoms with Crippen LogP contribution in [0, 0.1) is 0 Å². The van der Waals surface area contributed by atoms with E-state index in [0.29, 0.717) is 5.75 Å². The van der Waals surface area contributed by atoms with Crippen LogP contribution in [-0.4, -0.2) is 33.9 Å². The molecule has 7 heteroatoms. The van der Waals surface area contributed by atoms with Crippen molar-refractivity contribution < 1.29 is 15.0 Å². The first-order valence-corrected chi connectivity index (χ1v) is 3.76. The van der Waals surface area contributed by atoms with Crippen molar-refractivity contribution in [2.75, 3.05) is 12.3 Å². The topological polar surface area (TPSA) is 106 Å². The molecule has 0 fully saturated rings. The highest BCUT2D eigenvalue weighted by Gasteiger charge is 2.11. The Morgan fingerprint density at radius 1 is 1.82 bits per heavy atom. The highest BCUT2D eigenvalue weighted by molar-refractivity contribution is 8.00. The molecule has 0 aliphatic heterocycles. The highest BCUT2D eigenvalue weighted by Crippen LogP contribution is 2.06. The molecule has 6 nitrogen and oxygen atoms in total. The van der Waals surface area contributed by atoms with Gasteiger partial charge in [0.05, 0.1) is 0 Å². The van der Waals surface area contributed by atoms with Crippen LogP contribution in [0.4, 0.5) is 0 Å². The first-order chi connectivity index (χ1) is 5.18. The predicted octanol–water partition coefficient (Wildman–Crippen LogP) is 0.433. The smallest absolute Gasteiger partial charge is 0.343 e. The van der Waals surface area contributed by atoms with Crippen LogP contribution in [0.15, 0.2) is 5.11 Å². The fraction of sp³-hybridized carbons (Fsp3) is 0.750. The molecule has 0 aromatic rings. The number of aliphatic hydroxyl groups excluding tert-OH is 1. The van der Waals surface area contributed by atoms with Crippen molar-refractivity contribution in [3.63, 3.8) is 0 Å². The number of carbonyl (C=O) groups is 1. The molecule has 0 heterocycles. The quantitative estimate of drug-likeness (QED) is 0.209. The zero-order valence-electron chi connectivity index (χ0n) is 5.54. The second-order valence-electron chi connectivity index (χ2n) is 1.52. The van der Waals surface area contributed by atoms with Gasteiger partial charge in [-0.25, -0.2) is 4.79 Å². The van der Waals surface area contributed by atoms with E-state index in [0.717, 1.165) is 11.8 Å². The first-order valence-electron chi connectivity index (χ1n) is 2.72. The first kappa shape index (κ1) is 10.1. The second-order valence-corrected chi connectivity index (χ2v) is 2.70. The number of hydrogen-bond donors (Lipinski definition) is 2. The van der Waals surface area contributed by atoms with E-state index in [-0.39, 0.29) is 6.54 Å². The predicted molar refractivity (Wildman–Crippen MR) is 40.1 cm³/mol. The molecule has 0 aliphatic carbocycles. The van der Waals surface area contributed by atoms with Crippen molar-refractivity contribution in [2.24, 2.45) is 5.11 Å². The van der Waals surface area contributed by atoms with Gasteiger partial charge >= 0.3 is 5.97 Å². The van der Waals surface area contributed by atoms with E-state index in [2.05, 4.69) is 10.0 Å². The summed E-state index contributed by atoms with van der Waals surface area (Å²) in [6.07, 6.45) is 0.